The summed E-state index contributed by atoms with van der Waals surface area (Å²) in [5, 5.41) is 6.16. The summed E-state index contributed by atoms with van der Waals surface area (Å²) in [5.74, 6) is 0. The normalized spacial score (nSPS) is 13.4. The van der Waals surface area contributed by atoms with Gasteiger partial charge in [0.1, 0.15) is 0 Å². The number of aryl methyl sites for hydroxylation is 1. The Labute approximate surface area is 106 Å². The van der Waals surface area contributed by atoms with Gasteiger partial charge in [0.15, 0.2) is 5.03 Å². The zero-order valence-corrected chi connectivity index (χ0v) is 11.0. The average Bonchev–Trinajstić information content (AvgIpc) is 2.82. The molecule has 1 heterocycles. The van der Waals surface area contributed by atoms with Gasteiger partial charge < -0.3 is 0 Å². The number of rotatable bonds is 4. The van der Waals surface area contributed by atoms with Crippen LogP contribution in [0.4, 0.5) is 0 Å². The fraction of sp³-hybridized carbons (Fsp3) is 0.250. The van der Waals surface area contributed by atoms with Crippen LogP contribution in [-0.4, -0.2) is 18.6 Å². The Morgan fingerprint density at radius 1 is 1.28 bits per heavy atom. The van der Waals surface area contributed by atoms with Gasteiger partial charge in [0.05, 0.1) is 6.20 Å². The molecular formula is C12H15N3O2S. The molecule has 0 aliphatic carbocycles. The molecule has 1 unspecified atom stereocenters. The van der Waals surface area contributed by atoms with Crippen molar-refractivity contribution >= 4 is 10.0 Å². The number of nitrogens with zero attached hydrogens (tertiary/aromatic N) is 1. The van der Waals surface area contributed by atoms with E-state index < -0.39 is 10.0 Å². The number of aromatic amines is 1. The Hall–Kier alpha value is -1.66. The first-order valence-electron chi connectivity index (χ1n) is 5.58. The van der Waals surface area contributed by atoms with E-state index in [0.29, 0.717) is 0 Å². The van der Waals surface area contributed by atoms with E-state index in [2.05, 4.69) is 14.9 Å². The molecule has 0 spiro atoms. The minimum absolute atomic E-state index is 0.0722. The van der Waals surface area contributed by atoms with Gasteiger partial charge in [-0.1, -0.05) is 24.3 Å². The minimum Gasteiger partial charge on any atom is -0.266 e. The molecule has 0 radical (unpaired) electrons. The van der Waals surface area contributed by atoms with Crippen molar-refractivity contribution in [2.75, 3.05) is 0 Å². The molecule has 1 atom stereocenters. The Morgan fingerprint density at radius 3 is 2.61 bits per heavy atom. The molecule has 0 bridgehead atoms. The fourth-order valence-corrected chi connectivity index (χ4v) is 2.96. The number of hydrogen-bond donors (Lipinski definition) is 2. The molecule has 2 N–H and O–H groups in total. The third-order valence-corrected chi connectivity index (χ3v) is 4.22. The summed E-state index contributed by atoms with van der Waals surface area (Å²) in [5.41, 5.74) is 2.01. The third kappa shape index (κ3) is 2.60. The maximum absolute atomic E-state index is 12.0. The monoisotopic (exact) mass is 265 g/mol. The summed E-state index contributed by atoms with van der Waals surface area (Å²) in [7, 11) is -3.55. The van der Waals surface area contributed by atoms with Crippen LogP contribution in [-0.2, 0) is 10.0 Å². The van der Waals surface area contributed by atoms with Crippen molar-refractivity contribution in [2.24, 2.45) is 0 Å². The lowest BCUT2D eigenvalue weighted by Crippen LogP contribution is -2.27. The quantitative estimate of drug-likeness (QED) is 0.884. The highest BCUT2D eigenvalue weighted by molar-refractivity contribution is 7.89. The van der Waals surface area contributed by atoms with Crippen molar-refractivity contribution in [3.05, 3.63) is 47.7 Å². The molecule has 18 heavy (non-hydrogen) atoms. The summed E-state index contributed by atoms with van der Waals surface area (Å²) >= 11 is 0. The molecule has 0 saturated carbocycles. The molecule has 2 rings (SSSR count). The van der Waals surface area contributed by atoms with Gasteiger partial charge in [0, 0.05) is 6.04 Å². The summed E-state index contributed by atoms with van der Waals surface area (Å²) in [6, 6.07) is 8.82. The Morgan fingerprint density at radius 2 is 2.00 bits per heavy atom. The lowest BCUT2D eigenvalue weighted by molar-refractivity contribution is 0.562. The number of sulfonamides is 1. The highest BCUT2D eigenvalue weighted by atomic mass is 32.2. The third-order valence-electron chi connectivity index (χ3n) is 2.75. The maximum Gasteiger partial charge on any atom is 0.258 e. The first-order valence-corrected chi connectivity index (χ1v) is 7.06. The number of aromatic nitrogens is 2. The molecular weight excluding hydrogens is 250 g/mol. The molecule has 5 nitrogen and oxygen atoms in total. The highest BCUT2D eigenvalue weighted by Gasteiger charge is 2.20. The van der Waals surface area contributed by atoms with Crippen molar-refractivity contribution in [1.29, 1.82) is 0 Å². The number of nitrogens with one attached hydrogen (secondary N) is 2. The molecule has 1 aromatic heterocycles. The van der Waals surface area contributed by atoms with E-state index in [0.717, 1.165) is 11.1 Å². The molecule has 1 aromatic carbocycles. The van der Waals surface area contributed by atoms with Crippen LogP contribution in [0.5, 0.6) is 0 Å². The minimum atomic E-state index is -3.55. The van der Waals surface area contributed by atoms with E-state index in [1.165, 1.54) is 12.3 Å². The van der Waals surface area contributed by atoms with Gasteiger partial charge in [-0.2, -0.15) is 5.10 Å². The van der Waals surface area contributed by atoms with Crippen molar-refractivity contribution in [2.45, 2.75) is 24.9 Å². The van der Waals surface area contributed by atoms with Crippen molar-refractivity contribution in [3.63, 3.8) is 0 Å². The second-order valence-electron chi connectivity index (χ2n) is 4.12. The second kappa shape index (κ2) is 4.91. The zero-order valence-electron chi connectivity index (χ0n) is 10.2. The first-order chi connectivity index (χ1) is 8.50. The molecule has 0 amide bonds. The van der Waals surface area contributed by atoms with Gasteiger partial charge in [-0.3, -0.25) is 5.10 Å². The molecule has 6 heteroatoms. The largest absolute Gasteiger partial charge is 0.266 e. The van der Waals surface area contributed by atoms with Crippen molar-refractivity contribution < 1.29 is 8.42 Å². The summed E-state index contributed by atoms with van der Waals surface area (Å²) in [6.07, 6.45) is 1.41. The fourth-order valence-electron chi connectivity index (χ4n) is 1.83. The highest BCUT2D eigenvalue weighted by Crippen LogP contribution is 2.18. The zero-order chi connectivity index (χ0) is 13.2. The topological polar surface area (TPSA) is 74.8 Å². The van der Waals surface area contributed by atoms with Crippen LogP contribution >= 0.6 is 0 Å². The first kappa shape index (κ1) is 12.8. The van der Waals surface area contributed by atoms with Gasteiger partial charge in [0.25, 0.3) is 10.0 Å². The maximum atomic E-state index is 12.0. The Balaban J connectivity index is 2.23. The number of benzene rings is 1. The van der Waals surface area contributed by atoms with Crippen LogP contribution in [0.3, 0.4) is 0 Å². The smallest absolute Gasteiger partial charge is 0.258 e. The van der Waals surface area contributed by atoms with Crippen LogP contribution in [0.2, 0.25) is 0 Å². The predicted octanol–water partition coefficient (Wildman–Crippen LogP) is 1.76. The molecule has 0 saturated heterocycles. The van der Waals surface area contributed by atoms with Crippen LogP contribution in [0.1, 0.15) is 24.1 Å². The van der Waals surface area contributed by atoms with Crippen molar-refractivity contribution in [3.8, 4) is 0 Å². The van der Waals surface area contributed by atoms with E-state index in [4.69, 9.17) is 0 Å². The molecule has 0 fully saturated rings. The van der Waals surface area contributed by atoms with Gasteiger partial charge in [-0.15, -0.1) is 0 Å². The van der Waals surface area contributed by atoms with Gasteiger partial charge in [0.2, 0.25) is 0 Å². The van der Waals surface area contributed by atoms with E-state index in [-0.39, 0.29) is 11.1 Å². The van der Waals surface area contributed by atoms with E-state index >= 15 is 0 Å². The molecule has 0 aliphatic heterocycles. The SMILES string of the molecule is Cc1ccccc1C(C)NS(=O)(=O)c1ccn[nH]1. The number of hydrogen-bond acceptors (Lipinski definition) is 3. The van der Waals surface area contributed by atoms with Gasteiger partial charge >= 0.3 is 0 Å². The second-order valence-corrected chi connectivity index (χ2v) is 5.80. The van der Waals surface area contributed by atoms with E-state index in [1.54, 1.807) is 0 Å². The molecule has 2 aromatic rings. The number of H-pyrrole nitrogens is 1. The summed E-state index contributed by atoms with van der Waals surface area (Å²) in [6.45, 7) is 3.77. The van der Waals surface area contributed by atoms with Gasteiger partial charge in [-0.25, -0.2) is 13.1 Å². The lowest BCUT2D eigenvalue weighted by atomic mass is 10.0. The van der Waals surface area contributed by atoms with Gasteiger partial charge in [-0.05, 0) is 31.0 Å². The van der Waals surface area contributed by atoms with Crippen molar-refractivity contribution in [1.82, 2.24) is 14.9 Å². The molecule has 96 valence electrons. The Kier molecular flexibility index (Phi) is 3.49. The summed E-state index contributed by atoms with van der Waals surface area (Å²) in [4.78, 5) is 0. The van der Waals surface area contributed by atoms with E-state index in [9.17, 15) is 8.42 Å². The van der Waals surface area contributed by atoms with E-state index in [1.807, 2.05) is 38.1 Å². The molecule has 0 aliphatic rings. The predicted molar refractivity (Wildman–Crippen MR) is 68.5 cm³/mol. The van der Waals surface area contributed by atoms with Crippen LogP contribution in [0, 0.1) is 6.92 Å². The average molecular weight is 265 g/mol. The standard InChI is InChI=1S/C12H15N3O2S/c1-9-5-3-4-6-11(9)10(2)15-18(16,17)12-7-8-13-14-12/h3-8,10,15H,1-2H3,(H,13,14). The Bertz CT molecular complexity index is 621. The lowest BCUT2D eigenvalue weighted by Gasteiger charge is -2.15. The van der Waals surface area contributed by atoms with Crippen LogP contribution in [0.15, 0.2) is 41.6 Å². The van der Waals surface area contributed by atoms with Crippen LogP contribution < -0.4 is 4.72 Å². The summed E-state index contributed by atoms with van der Waals surface area (Å²) < 4.78 is 26.6. The van der Waals surface area contributed by atoms with Crippen LogP contribution in [0.25, 0.3) is 0 Å².